The van der Waals surface area contributed by atoms with Crippen molar-refractivity contribution in [2.24, 2.45) is 0 Å². The van der Waals surface area contributed by atoms with Crippen molar-refractivity contribution < 1.29 is 4.79 Å². The van der Waals surface area contributed by atoms with E-state index in [9.17, 15) is 4.79 Å². The number of anilines is 2. The van der Waals surface area contributed by atoms with E-state index >= 15 is 0 Å². The van der Waals surface area contributed by atoms with Crippen LogP contribution in [0.4, 0.5) is 11.4 Å². The van der Waals surface area contributed by atoms with Crippen LogP contribution in [-0.2, 0) is 0 Å². The van der Waals surface area contributed by atoms with Gasteiger partial charge in [-0.25, -0.2) is 4.98 Å². The summed E-state index contributed by atoms with van der Waals surface area (Å²) in [4.78, 5) is 16.4. The van der Waals surface area contributed by atoms with Crippen molar-refractivity contribution in [1.82, 2.24) is 4.98 Å². The number of carbonyl (C=O) groups is 1. The van der Waals surface area contributed by atoms with E-state index in [0.29, 0.717) is 22.4 Å². The van der Waals surface area contributed by atoms with E-state index in [-0.39, 0.29) is 5.91 Å². The first-order chi connectivity index (χ1) is 10.5. The summed E-state index contributed by atoms with van der Waals surface area (Å²) in [5.74, 6) is -0.255. The van der Waals surface area contributed by atoms with Gasteiger partial charge < -0.3 is 10.6 Å². The van der Waals surface area contributed by atoms with E-state index in [4.69, 9.17) is 11.6 Å². The number of nitrogens with one attached hydrogen (secondary N) is 2. The molecule has 1 heterocycles. The summed E-state index contributed by atoms with van der Waals surface area (Å²) < 4.78 is 0. The predicted octanol–water partition coefficient (Wildman–Crippen LogP) is 4.51. The van der Waals surface area contributed by atoms with Gasteiger partial charge in [0.2, 0.25) is 0 Å². The molecule has 0 saturated heterocycles. The number of aryl methyl sites for hydroxylation is 1. The fraction of sp³-hybridized carbons (Fsp3) is 0.294. The maximum atomic E-state index is 12.2. The van der Waals surface area contributed by atoms with Crippen LogP contribution in [0, 0.1) is 6.92 Å². The monoisotopic (exact) mass is 317 g/mol. The van der Waals surface area contributed by atoms with Crippen LogP contribution in [0.25, 0.3) is 0 Å². The summed E-state index contributed by atoms with van der Waals surface area (Å²) >= 11 is 6.05. The van der Waals surface area contributed by atoms with E-state index in [1.54, 1.807) is 18.3 Å². The highest BCUT2D eigenvalue weighted by molar-refractivity contribution is 6.31. The lowest BCUT2D eigenvalue weighted by Crippen LogP contribution is -2.16. The minimum absolute atomic E-state index is 0.255. The summed E-state index contributed by atoms with van der Waals surface area (Å²) in [7, 11) is 0. The van der Waals surface area contributed by atoms with Gasteiger partial charge in [-0.05, 0) is 50.1 Å². The Bertz CT molecular complexity index is 655. The van der Waals surface area contributed by atoms with Gasteiger partial charge in [-0.3, -0.25) is 4.79 Å². The quantitative estimate of drug-likeness (QED) is 0.853. The molecule has 2 N–H and O–H groups in total. The molecule has 1 atom stereocenters. The number of amides is 1. The molecule has 1 amide bonds. The van der Waals surface area contributed by atoms with Crippen LogP contribution in [0.3, 0.4) is 0 Å². The summed E-state index contributed by atoms with van der Waals surface area (Å²) in [5, 5.41) is 6.72. The Morgan fingerprint density at radius 1 is 1.27 bits per heavy atom. The van der Waals surface area contributed by atoms with Crippen LogP contribution in [-0.4, -0.2) is 16.9 Å². The zero-order valence-corrected chi connectivity index (χ0v) is 13.7. The molecule has 0 aliphatic heterocycles. The molecule has 22 heavy (non-hydrogen) atoms. The fourth-order valence-corrected chi connectivity index (χ4v) is 2.05. The van der Waals surface area contributed by atoms with Crippen molar-refractivity contribution in [3.8, 4) is 0 Å². The van der Waals surface area contributed by atoms with Crippen molar-refractivity contribution in [3.05, 3.63) is 52.8 Å². The van der Waals surface area contributed by atoms with E-state index in [0.717, 1.165) is 17.7 Å². The van der Waals surface area contributed by atoms with Gasteiger partial charge in [0.1, 0.15) is 5.69 Å². The first-order valence-electron chi connectivity index (χ1n) is 7.29. The summed E-state index contributed by atoms with van der Waals surface area (Å²) in [6.07, 6.45) is 2.69. The molecular weight excluding hydrogens is 298 g/mol. The Labute approximate surface area is 135 Å². The Hall–Kier alpha value is -2.07. The standard InChI is InChI=1S/C17H20ClN3O/c1-4-12(3)20-14-7-8-16(19-10-14)17(22)21-13-6-5-11(2)15(18)9-13/h5-10,12,20H,4H2,1-3H3,(H,21,22). The minimum atomic E-state index is -0.255. The highest BCUT2D eigenvalue weighted by atomic mass is 35.5. The summed E-state index contributed by atoms with van der Waals surface area (Å²) in [6, 6.07) is 9.35. The molecule has 1 aromatic carbocycles. The molecule has 116 valence electrons. The third-order valence-corrected chi connectivity index (χ3v) is 3.86. The lowest BCUT2D eigenvalue weighted by Gasteiger charge is -2.12. The van der Waals surface area contributed by atoms with Crippen LogP contribution >= 0.6 is 11.6 Å². The van der Waals surface area contributed by atoms with Crippen LogP contribution < -0.4 is 10.6 Å². The van der Waals surface area contributed by atoms with E-state index in [1.165, 1.54) is 0 Å². The van der Waals surface area contributed by atoms with E-state index < -0.39 is 0 Å². The van der Waals surface area contributed by atoms with Gasteiger partial charge in [0.25, 0.3) is 5.91 Å². The largest absolute Gasteiger partial charge is 0.381 e. The average molecular weight is 318 g/mol. The number of hydrogen-bond acceptors (Lipinski definition) is 3. The first kappa shape index (κ1) is 16.3. The van der Waals surface area contributed by atoms with Gasteiger partial charge in [0.15, 0.2) is 0 Å². The number of nitrogens with zero attached hydrogens (tertiary/aromatic N) is 1. The number of carbonyl (C=O) groups excluding carboxylic acids is 1. The topological polar surface area (TPSA) is 54.0 Å². The number of aromatic nitrogens is 1. The number of benzene rings is 1. The molecule has 4 nitrogen and oxygen atoms in total. The average Bonchev–Trinajstić information content (AvgIpc) is 2.51. The zero-order chi connectivity index (χ0) is 16.1. The maximum Gasteiger partial charge on any atom is 0.274 e. The molecule has 2 aromatic rings. The molecule has 0 radical (unpaired) electrons. The van der Waals surface area contributed by atoms with Gasteiger partial charge in [0, 0.05) is 16.8 Å². The molecule has 0 bridgehead atoms. The lowest BCUT2D eigenvalue weighted by molar-refractivity contribution is 0.102. The smallest absolute Gasteiger partial charge is 0.274 e. The van der Waals surface area contributed by atoms with Gasteiger partial charge >= 0.3 is 0 Å². The number of rotatable bonds is 5. The van der Waals surface area contributed by atoms with Crippen LogP contribution in [0.1, 0.15) is 36.3 Å². The highest BCUT2D eigenvalue weighted by Gasteiger charge is 2.09. The molecule has 2 rings (SSSR count). The van der Waals surface area contributed by atoms with Gasteiger partial charge in [-0.15, -0.1) is 0 Å². The molecule has 1 aromatic heterocycles. The van der Waals surface area contributed by atoms with Crippen molar-refractivity contribution in [1.29, 1.82) is 0 Å². The van der Waals surface area contributed by atoms with E-state index in [2.05, 4.69) is 29.5 Å². The zero-order valence-electron chi connectivity index (χ0n) is 13.0. The molecule has 0 saturated carbocycles. The molecule has 5 heteroatoms. The molecule has 0 spiro atoms. The molecule has 0 aliphatic rings. The number of pyridine rings is 1. The lowest BCUT2D eigenvalue weighted by atomic mass is 10.2. The van der Waals surface area contributed by atoms with Crippen LogP contribution in [0.2, 0.25) is 5.02 Å². The molecule has 0 fully saturated rings. The second-order valence-corrected chi connectivity index (χ2v) is 5.71. The van der Waals surface area contributed by atoms with Gasteiger partial charge in [0.05, 0.1) is 11.9 Å². The Kier molecular flexibility index (Phi) is 5.39. The second kappa shape index (κ2) is 7.27. The van der Waals surface area contributed by atoms with Crippen molar-refractivity contribution in [2.45, 2.75) is 33.2 Å². The maximum absolute atomic E-state index is 12.2. The third kappa shape index (κ3) is 4.21. The second-order valence-electron chi connectivity index (χ2n) is 5.30. The van der Waals surface area contributed by atoms with Crippen LogP contribution in [0.5, 0.6) is 0 Å². The first-order valence-corrected chi connectivity index (χ1v) is 7.67. The number of halogens is 1. The van der Waals surface area contributed by atoms with E-state index in [1.807, 2.05) is 25.1 Å². The minimum Gasteiger partial charge on any atom is -0.381 e. The highest BCUT2D eigenvalue weighted by Crippen LogP contribution is 2.20. The van der Waals surface area contributed by atoms with Crippen LogP contribution in [0.15, 0.2) is 36.5 Å². The van der Waals surface area contributed by atoms with Gasteiger partial charge in [-0.1, -0.05) is 24.6 Å². The van der Waals surface area contributed by atoms with Crippen molar-refractivity contribution >= 4 is 28.9 Å². The van der Waals surface area contributed by atoms with Gasteiger partial charge in [-0.2, -0.15) is 0 Å². The number of hydrogen-bond donors (Lipinski definition) is 2. The SMILES string of the molecule is CCC(C)Nc1ccc(C(=O)Nc2ccc(C)c(Cl)c2)nc1. The van der Waals surface area contributed by atoms with Crippen molar-refractivity contribution in [3.63, 3.8) is 0 Å². The molecule has 1 unspecified atom stereocenters. The summed E-state index contributed by atoms with van der Waals surface area (Å²) in [6.45, 7) is 6.12. The normalized spacial score (nSPS) is 11.8. The molecule has 0 aliphatic carbocycles. The Morgan fingerprint density at radius 2 is 2.00 bits per heavy atom. The third-order valence-electron chi connectivity index (χ3n) is 3.45. The predicted molar refractivity (Wildman–Crippen MR) is 91.8 cm³/mol. The fourth-order valence-electron chi connectivity index (χ4n) is 1.87. The Balaban J connectivity index is 2.04. The molecular formula is C17H20ClN3O. The summed E-state index contributed by atoms with van der Waals surface area (Å²) in [5.41, 5.74) is 2.90. The van der Waals surface area contributed by atoms with Crippen molar-refractivity contribution in [2.75, 3.05) is 10.6 Å². The Morgan fingerprint density at radius 3 is 2.59 bits per heavy atom.